The van der Waals surface area contributed by atoms with Gasteiger partial charge in [0.1, 0.15) is 0 Å². The molecule has 0 saturated heterocycles. The van der Waals surface area contributed by atoms with Crippen LogP contribution in [-0.4, -0.2) is 35.4 Å². The number of hydrogen-bond donors (Lipinski definition) is 0. The summed E-state index contributed by atoms with van der Waals surface area (Å²) in [6.45, 7) is 0.148. The minimum atomic E-state index is 0.111. The van der Waals surface area contributed by atoms with Gasteiger partial charge < -0.3 is 0 Å². The van der Waals surface area contributed by atoms with Gasteiger partial charge in [-0.05, 0) is 0 Å². The van der Waals surface area contributed by atoms with Crippen molar-refractivity contribution in [2.45, 2.75) is 0 Å². The van der Waals surface area contributed by atoms with E-state index in [-0.39, 0.29) is 21.7 Å². The minimum absolute atomic E-state index is 0.111. The van der Waals surface area contributed by atoms with E-state index >= 15 is 0 Å². The molecular weight excluding hydrogens is 796 g/mol. The summed E-state index contributed by atoms with van der Waals surface area (Å²) in [5.41, 5.74) is 14.4. The molecule has 2 aliphatic rings. The summed E-state index contributed by atoms with van der Waals surface area (Å²) in [6.07, 6.45) is 0. The van der Waals surface area contributed by atoms with Crippen LogP contribution in [0.2, 0.25) is 0 Å². The molecule has 9 aromatic carbocycles. The molecule has 278 valence electrons. The summed E-state index contributed by atoms with van der Waals surface area (Å²) >= 11 is 0.111. The number of rotatable bonds is 3. The molecule has 0 saturated carbocycles. The molecule has 0 amide bonds. The molecule has 5 heterocycles. The number of fused-ring (bicyclic) bond motifs is 13. The van der Waals surface area contributed by atoms with Gasteiger partial charge in [0.2, 0.25) is 0 Å². The van der Waals surface area contributed by atoms with Crippen LogP contribution in [0.1, 0.15) is 0 Å². The SMILES string of the molecule is c1ccc2c(c1)Oc1cc(-n3c4ccccc4c4cc(-n5c6ccccc6c6ccccc65)c(-n5c6ccccc6c6ccccc65)cc43)cc3c1B2c1ccccc1[Se]3. The average Bonchev–Trinajstić information content (AvgIpc) is 3.94. The Bertz CT molecular complexity index is 3640. The number of nitrogens with zero attached hydrogens (tertiary/aromatic N) is 3. The molecule has 12 aromatic rings. The van der Waals surface area contributed by atoms with E-state index in [1.807, 2.05) is 0 Å². The van der Waals surface area contributed by atoms with Gasteiger partial charge in [0.15, 0.2) is 0 Å². The summed E-state index contributed by atoms with van der Waals surface area (Å²) in [7, 11) is 0. The summed E-state index contributed by atoms with van der Waals surface area (Å²) in [5.74, 6) is 1.90. The van der Waals surface area contributed by atoms with Crippen LogP contribution in [0.5, 0.6) is 11.5 Å². The second-order valence-electron chi connectivity index (χ2n) is 16.0. The Morgan fingerprint density at radius 2 is 0.817 bits per heavy atom. The third kappa shape index (κ3) is 4.36. The van der Waals surface area contributed by atoms with Crippen LogP contribution >= 0.6 is 0 Å². The zero-order valence-electron chi connectivity index (χ0n) is 32.2. The second kappa shape index (κ2) is 12.2. The van der Waals surface area contributed by atoms with E-state index < -0.39 is 0 Å². The number of para-hydroxylation sites is 6. The van der Waals surface area contributed by atoms with Gasteiger partial charge >= 0.3 is 341 Å². The van der Waals surface area contributed by atoms with Gasteiger partial charge in [0.05, 0.1) is 0 Å². The first kappa shape index (κ1) is 32.7. The fraction of sp³-hybridized carbons (Fsp3) is 0. The molecule has 0 N–H and O–H groups in total. The van der Waals surface area contributed by atoms with Crippen molar-refractivity contribution in [1.82, 2.24) is 13.7 Å². The van der Waals surface area contributed by atoms with E-state index in [2.05, 4.69) is 208 Å². The van der Waals surface area contributed by atoms with Crippen LogP contribution in [0.25, 0.3) is 82.5 Å². The van der Waals surface area contributed by atoms with Crippen molar-refractivity contribution in [3.05, 3.63) is 194 Å². The maximum atomic E-state index is 6.92. The van der Waals surface area contributed by atoms with E-state index in [0.717, 1.165) is 34.1 Å². The fourth-order valence-corrected chi connectivity index (χ4v) is 13.0. The van der Waals surface area contributed by atoms with Gasteiger partial charge in [-0.2, -0.15) is 0 Å². The topological polar surface area (TPSA) is 24.0 Å². The van der Waals surface area contributed by atoms with E-state index in [9.17, 15) is 0 Å². The Balaban J connectivity index is 1.12. The van der Waals surface area contributed by atoms with Crippen molar-refractivity contribution in [1.29, 1.82) is 0 Å². The van der Waals surface area contributed by atoms with Crippen LogP contribution < -0.4 is 30.0 Å². The average molecular weight is 829 g/mol. The molecule has 0 radical (unpaired) electrons. The molecular formula is C54H32BN3OSe. The van der Waals surface area contributed by atoms with E-state index in [0.29, 0.717) is 0 Å². The van der Waals surface area contributed by atoms with E-state index in [1.54, 1.807) is 0 Å². The van der Waals surface area contributed by atoms with Gasteiger partial charge in [-0.15, -0.1) is 0 Å². The van der Waals surface area contributed by atoms with Gasteiger partial charge in [-0.3, -0.25) is 0 Å². The molecule has 0 aliphatic carbocycles. The molecule has 0 bridgehead atoms. The first-order valence-electron chi connectivity index (χ1n) is 20.5. The van der Waals surface area contributed by atoms with E-state index in [1.165, 1.54) is 85.2 Å². The van der Waals surface area contributed by atoms with Crippen LogP contribution in [0.3, 0.4) is 0 Å². The van der Waals surface area contributed by atoms with Gasteiger partial charge in [-0.25, -0.2) is 0 Å². The molecule has 3 aromatic heterocycles. The summed E-state index contributed by atoms with van der Waals surface area (Å²) in [6, 6.07) is 71.6. The Kier molecular flexibility index (Phi) is 6.62. The number of hydrogen-bond acceptors (Lipinski definition) is 1. The van der Waals surface area contributed by atoms with Crippen molar-refractivity contribution < 1.29 is 4.74 Å². The molecule has 2 aliphatic heterocycles. The fourth-order valence-electron chi connectivity index (χ4n) is 10.5. The molecule has 4 nitrogen and oxygen atoms in total. The third-order valence-corrected chi connectivity index (χ3v) is 15.4. The first-order chi connectivity index (χ1) is 29.8. The van der Waals surface area contributed by atoms with Crippen LogP contribution in [0, 0.1) is 0 Å². The van der Waals surface area contributed by atoms with Crippen LogP contribution in [0.4, 0.5) is 0 Å². The third-order valence-electron chi connectivity index (χ3n) is 12.9. The standard InChI is InChI=1S/C54H32BN3OSe/c1-9-23-43-34(15-1)35-16-2-10-24-44(35)57(43)48-31-39-38-19-5-8-22-42(38)56(47(39)32-49(48)58-45-25-11-3-17-36(45)37-18-4-12-26-46(37)58)33-29-51-54-53(30-33)60-52-28-14-7-21-41(52)55(54)40-20-6-13-27-50(40)59-51/h1-32H. The van der Waals surface area contributed by atoms with Crippen molar-refractivity contribution >= 4 is 112 Å². The van der Waals surface area contributed by atoms with Gasteiger partial charge in [0.25, 0.3) is 0 Å². The van der Waals surface area contributed by atoms with Gasteiger partial charge in [0, 0.05) is 0 Å². The van der Waals surface area contributed by atoms with Crippen molar-refractivity contribution in [2.24, 2.45) is 0 Å². The molecule has 0 spiro atoms. The van der Waals surface area contributed by atoms with E-state index in [4.69, 9.17) is 4.74 Å². The Labute approximate surface area is 351 Å². The maximum absolute atomic E-state index is 6.92. The van der Waals surface area contributed by atoms with Crippen molar-refractivity contribution in [3.63, 3.8) is 0 Å². The molecule has 60 heavy (non-hydrogen) atoms. The zero-order valence-corrected chi connectivity index (χ0v) is 33.9. The Morgan fingerprint density at radius 1 is 0.350 bits per heavy atom. The number of aromatic nitrogens is 3. The normalized spacial score (nSPS) is 13.0. The molecule has 0 unspecified atom stereocenters. The van der Waals surface area contributed by atoms with Crippen LogP contribution in [-0.2, 0) is 0 Å². The molecule has 0 fully saturated rings. The monoisotopic (exact) mass is 829 g/mol. The zero-order chi connectivity index (χ0) is 39.1. The number of ether oxygens (including phenoxy) is 1. The molecule has 0 atom stereocenters. The number of benzene rings is 9. The quantitative estimate of drug-likeness (QED) is 0.163. The summed E-state index contributed by atoms with van der Waals surface area (Å²) < 4.78 is 17.2. The molecule has 6 heteroatoms. The second-order valence-corrected chi connectivity index (χ2v) is 18.3. The predicted molar refractivity (Wildman–Crippen MR) is 252 cm³/mol. The summed E-state index contributed by atoms with van der Waals surface area (Å²) in [4.78, 5) is 0. The van der Waals surface area contributed by atoms with Crippen molar-refractivity contribution in [2.75, 3.05) is 0 Å². The van der Waals surface area contributed by atoms with Crippen LogP contribution in [0.15, 0.2) is 194 Å². The molecule has 14 rings (SSSR count). The summed E-state index contributed by atoms with van der Waals surface area (Å²) in [5, 5.41) is 7.40. The predicted octanol–water partition coefficient (Wildman–Crippen LogP) is 9.57. The van der Waals surface area contributed by atoms with Crippen molar-refractivity contribution in [3.8, 4) is 28.6 Å². The first-order valence-corrected chi connectivity index (χ1v) is 22.3. The van der Waals surface area contributed by atoms with Gasteiger partial charge in [-0.1, -0.05) is 12.1 Å². The Morgan fingerprint density at radius 3 is 1.42 bits per heavy atom. The Hall–Kier alpha value is -7.24.